The summed E-state index contributed by atoms with van der Waals surface area (Å²) in [6.45, 7) is 4.09. The van der Waals surface area contributed by atoms with Crippen LogP contribution in [0.3, 0.4) is 0 Å². The van der Waals surface area contributed by atoms with Crippen LogP contribution in [0.2, 0.25) is 0 Å². The number of fused-ring (bicyclic) bond motifs is 7. The van der Waals surface area contributed by atoms with E-state index in [-0.39, 0.29) is 35.8 Å². The van der Waals surface area contributed by atoms with E-state index in [4.69, 9.17) is 0 Å². The van der Waals surface area contributed by atoms with Crippen LogP contribution in [0.5, 0.6) is 0 Å². The minimum Gasteiger partial charge on any atom is -0.306 e. The first-order valence-electron chi connectivity index (χ1n) is 20.8. The fraction of sp³-hybridized carbons (Fsp3) is 0.200. The fourth-order valence-electron chi connectivity index (χ4n) is 8.85. The highest BCUT2D eigenvalue weighted by molar-refractivity contribution is 7.30. The lowest BCUT2D eigenvalue weighted by Crippen LogP contribution is -2.35. The number of benzene rings is 5. The molecule has 0 atom stereocenters. The molecule has 302 valence electrons. The van der Waals surface area contributed by atoms with Crippen molar-refractivity contribution >= 4 is 111 Å². The van der Waals surface area contributed by atoms with Gasteiger partial charge in [0.25, 0.3) is 11.6 Å². The van der Waals surface area contributed by atoms with Crippen LogP contribution in [0.4, 0.5) is 11.4 Å². The molecule has 0 saturated carbocycles. The largest absolute Gasteiger partial charge is 0.306 e. The maximum atomic E-state index is 13.4. The van der Waals surface area contributed by atoms with Crippen molar-refractivity contribution in [1.82, 2.24) is 4.57 Å². The van der Waals surface area contributed by atoms with Gasteiger partial charge in [0.05, 0.1) is 48.6 Å². The smallest absolute Gasteiger partial charge is 0.306 e. The van der Waals surface area contributed by atoms with Gasteiger partial charge in [0.2, 0.25) is 11.8 Å². The lowest BCUT2D eigenvalue weighted by Gasteiger charge is -2.15. The fourth-order valence-corrected chi connectivity index (χ4v) is 11.3. The Morgan fingerprint density at radius 1 is 0.525 bits per heavy atom. The average Bonchev–Trinajstić information content (AvgIpc) is 4.06. The van der Waals surface area contributed by atoms with E-state index in [1.165, 1.54) is 0 Å². The van der Waals surface area contributed by atoms with Crippen molar-refractivity contribution in [3.8, 4) is 26.6 Å². The predicted molar refractivity (Wildman–Crippen MR) is 244 cm³/mol. The first-order chi connectivity index (χ1) is 29.7. The number of amides is 4. The molecule has 5 aromatic carbocycles. The quantitative estimate of drug-likeness (QED) is 0.0728. The van der Waals surface area contributed by atoms with Gasteiger partial charge in [-0.15, -0.1) is 22.7 Å². The van der Waals surface area contributed by atoms with Crippen LogP contribution >= 0.6 is 22.7 Å². The standard InChI is InChI=1S/C50H39N3O6S2/c1-3-5-7-17-42(54)52-36-24-30(19-21-34(36)45(56)49(52)58)40-26-38-47(60-40)48-39(51(38)44-32-15-11-9-13-28(32)23-29-14-10-12-16-33(29)44)27-41(61-48)31-20-22-35-37(25-31)53(50(59)46(35)57)43(55)18-8-6-4-2/h9-16,19-27H,3-8,17-18H2,1-2H3. The topological polar surface area (TPSA) is 114 Å². The number of hydrogen-bond acceptors (Lipinski definition) is 8. The molecular formula is C50H39N3O6S2. The molecule has 5 heterocycles. The Hall–Kier alpha value is -6.56. The molecule has 10 rings (SSSR count). The summed E-state index contributed by atoms with van der Waals surface area (Å²) in [4.78, 5) is 83.2. The number of nitrogens with zero attached hydrogens (tertiary/aromatic N) is 3. The van der Waals surface area contributed by atoms with Crippen molar-refractivity contribution in [2.75, 3.05) is 9.80 Å². The highest BCUT2D eigenvalue weighted by atomic mass is 32.1. The number of carbonyl (C=O) groups is 6. The maximum absolute atomic E-state index is 13.4. The van der Waals surface area contributed by atoms with Crippen molar-refractivity contribution < 1.29 is 28.8 Å². The molecule has 0 bridgehead atoms. The van der Waals surface area contributed by atoms with E-state index in [2.05, 4.69) is 47.0 Å². The number of rotatable bonds is 11. The number of unbranched alkanes of at least 4 members (excludes halogenated alkanes) is 4. The van der Waals surface area contributed by atoms with Gasteiger partial charge >= 0.3 is 11.8 Å². The summed E-state index contributed by atoms with van der Waals surface area (Å²) in [6, 6.07) is 33.7. The number of ketones is 2. The number of hydrogen-bond donors (Lipinski definition) is 0. The van der Waals surface area contributed by atoms with Crippen molar-refractivity contribution in [3.63, 3.8) is 0 Å². The van der Waals surface area contributed by atoms with E-state index in [1.54, 1.807) is 46.9 Å². The number of aromatic nitrogens is 1. The molecule has 0 aliphatic carbocycles. The molecular weight excluding hydrogens is 803 g/mol. The van der Waals surface area contributed by atoms with Crippen LogP contribution < -0.4 is 9.80 Å². The van der Waals surface area contributed by atoms with Gasteiger partial charge in [0.15, 0.2) is 0 Å². The number of carbonyl (C=O) groups excluding carboxylic acids is 6. The van der Waals surface area contributed by atoms with Gasteiger partial charge in [0, 0.05) is 33.4 Å². The van der Waals surface area contributed by atoms with Crippen LogP contribution in [0.1, 0.15) is 85.9 Å². The van der Waals surface area contributed by atoms with Crippen LogP contribution in [0, 0.1) is 0 Å². The van der Waals surface area contributed by atoms with Crippen LogP contribution in [-0.2, 0) is 19.2 Å². The number of Topliss-reactive ketones (excluding diaryl/α,β-unsaturated/α-hetero) is 2. The van der Waals surface area contributed by atoms with E-state index >= 15 is 0 Å². The van der Waals surface area contributed by atoms with Gasteiger partial charge in [-0.3, -0.25) is 28.8 Å². The molecule has 2 aliphatic heterocycles. The molecule has 0 radical (unpaired) electrons. The molecule has 61 heavy (non-hydrogen) atoms. The minimum atomic E-state index is -0.809. The SMILES string of the molecule is CCCCCC(=O)N1C(=O)C(=O)c2ccc(-c3cc4c(s3)c3sc(-c5ccc6c(c5)N(C(=O)CCCCC)C(=O)C6=O)cc3n4-c3c4ccccc4cc4ccccc34)cc21. The van der Waals surface area contributed by atoms with Crippen LogP contribution in [-0.4, -0.2) is 39.8 Å². The van der Waals surface area contributed by atoms with Gasteiger partial charge in [0.1, 0.15) is 0 Å². The molecule has 0 spiro atoms. The third-order valence-electron chi connectivity index (χ3n) is 11.9. The summed E-state index contributed by atoms with van der Waals surface area (Å²) >= 11 is 3.19. The van der Waals surface area contributed by atoms with Gasteiger partial charge < -0.3 is 4.57 Å². The lowest BCUT2D eigenvalue weighted by atomic mass is 10.0. The summed E-state index contributed by atoms with van der Waals surface area (Å²) in [5, 5.41) is 4.31. The van der Waals surface area contributed by atoms with E-state index in [1.807, 2.05) is 50.2 Å². The summed E-state index contributed by atoms with van der Waals surface area (Å²) in [6.07, 6.45) is 5.22. The third-order valence-corrected chi connectivity index (χ3v) is 14.4. The third kappa shape index (κ3) is 6.17. The van der Waals surface area contributed by atoms with Crippen molar-refractivity contribution in [2.24, 2.45) is 0 Å². The molecule has 0 fully saturated rings. The van der Waals surface area contributed by atoms with E-state index in [0.29, 0.717) is 24.2 Å². The number of thiophene rings is 2. The maximum Gasteiger partial charge on any atom is 0.306 e. The Kier molecular flexibility index (Phi) is 9.60. The van der Waals surface area contributed by atoms with Gasteiger partial charge in [-0.25, -0.2) is 9.80 Å². The molecule has 0 N–H and O–H groups in total. The zero-order chi connectivity index (χ0) is 42.1. The zero-order valence-corrected chi connectivity index (χ0v) is 35.2. The van der Waals surface area contributed by atoms with E-state index in [0.717, 1.165) is 104 Å². The van der Waals surface area contributed by atoms with Gasteiger partial charge in [-0.1, -0.05) is 100 Å². The second-order valence-corrected chi connectivity index (χ2v) is 17.9. The Balaban J connectivity index is 1.16. The molecule has 11 heteroatoms. The Bertz CT molecular complexity index is 3020. The Morgan fingerprint density at radius 3 is 1.41 bits per heavy atom. The molecule has 0 saturated heterocycles. The van der Waals surface area contributed by atoms with Gasteiger partial charge in [-0.2, -0.15) is 0 Å². The second kappa shape index (κ2) is 15.2. The summed E-state index contributed by atoms with van der Waals surface area (Å²) in [5.41, 5.74) is 5.64. The summed E-state index contributed by atoms with van der Waals surface area (Å²) < 4.78 is 4.36. The van der Waals surface area contributed by atoms with Crippen molar-refractivity contribution in [1.29, 1.82) is 0 Å². The monoisotopic (exact) mass is 841 g/mol. The summed E-state index contributed by atoms with van der Waals surface area (Å²) in [7, 11) is 0. The second-order valence-electron chi connectivity index (χ2n) is 15.8. The number of anilines is 2. The van der Waals surface area contributed by atoms with Crippen molar-refractivity contribution in [2.45, 2.75) is 65.2 Å². The number of imide groups is 2. The molecule has 2 aliphatic rings. The average molecular weight is 842 g/mol. The first kappa shape index (κ1) is 38.6. The molecule has 3 aromatic heterocycles. The van der Waals surface area contributed by atoms with E-state index in [9.17, 15) is 28.8 Å². The molecule has 9 nitrogen and oxygen atoms in total. The van der Waals surface area contributed by atoms with Gasteiger partial charge in [-0.05, 0) is 77.2 Å². The molecule has 4 amide bonds. The normalized spacial score (nSPS) is 13.8. The first-order valence-corrected chi connectivity index (χ1v) is 22.4. The Morgan fingerprint density at radius 2 is 0.967 bits per heavy atom. The molecule has 8 aromatic rings. The zero-order valence-electron chi connectivity index (χ0n) is 33.6. The van der Waals surface area contributed by atoms with Crippen molar-refractivity contribution in [3.05, 3.63) is 114 Å². The highest BCUT2D eigenvalue weighted by Crippen LogP contribution is 2.49. The van der Waals surface area contributed by atoms with Crippen LogP contribution in [0.25, 0.3) is 68.5 Å². The lowest BCUT2D eigenvalue weighted by molar-refractivity contribution is -0.125. The van der Waals surface area contributed by atoms with Crippen LogP contribution in [0.15, 0.2) is 103 Å². The van der Waals surface area contributed by atoms with E-state index < -0.39 is 23.4 Å². The highest BCUT2D eigenvalue weighted by Gasteiger charge is 2.41. The predicted octanol–water partition coefficient (Wildman–Crippen LogP) is 11.8. The minimum absolute atomic E-state index is 0.186. The Labute approximate surface area is 358 Å². The summed E-state index contributed by atoms with van der Waals surface area (Å²) in [5.74, 6) is -3.70. The molecule has 0 unspecified atom stereocenters.